The summed E-state index contributed by atoms with van der Waals surface area (Å²) in [5, 5.41) is 8.79. The molecule has 7 heteroatoms. The lowest BCUT2D eigenvalue weighted by Crippen LogP contribution is -2.28. The van der Waals surface area contributed by atoms with E-state index in [1.165, 1.54) is 0 Å². The zero-order chi connectivity index (χ0) is 17.5. The van der Waals surface area contributed by atoms with Crippen molar-refractivity contribution in [2.45, 2.75) is 25.8 Å². The molecule has 0 unspecified atom stereocenters. The number of aryl methyl sites for hydroxylation is 1. The van der Waals surface area contributed by atoms with E-state index in [-0.39, 0.29) is 5.56 Å². The van der Waals surface area contributed by atoms with E-state index in [4.69, 9.17) is 4.42 Å². The Balaban J connectivity index is 1.60. The molecule has 128 valence electrons. The summed E-state index contributed by atoms with van der Waals surface area (Å²) < 4.78 is 7.54. The molecule has 0 saturated carbocycles. The Kier molecular flexibility index (Phi) is 3.38. The molecule has 4 heterocycles. The average Bonchev–Trinajstić information content (AvgIpc) is 3.19. The predicted molar refractivity (Wildman–Crippen MR) is 95.5 cm³/mol. The third-order valence-electron chi connectivity index (χ3n) is 4.62. The molecule has 1 aliphatic heterocycles. The van der Waals surface area contributed by atoms with Crippen molar-refractivity contribution >= 4 is 10.9 Å². The van der Waals surface area contributed by atoms with Crippen molar-refractivity contribution in [3.63, 3.8) is 0 Å². The van der Waals surface area contributed by atoms with E-state index in [0.29, 0.717) is 28.4 Å². The average molecular weight is 345 g/mol. The van der Waals surface area contributed by atoms with Crippen molar-refractivity contribution in [1.82, 2.24) is 24.7 Å². The molecule has 1 aromatic carbocycles. The fourth-order valence-corrected chi connectivity index (χ4v) is 3.31. The summed E-state index contributed by atoms with van der Waals surface area (Å²) in [7, 11) is 0. The van der Waals surface area contributed by atoms with Gasteiger partial charge in [0.25, 0.3) is 11.4 Å². The van der Waals surface area contributed by atoms with Gasteiger partial charge in [0.05, 0.1) is 10.9 Å². The number of nitrogens with zero attached hydrogens (tertiary/aromatic N) is 5. The van der Waals surface area contributed by atoms with Gasteiger partial charge in [-0.1, -0.05) is 6.07 Å². The van der Waals surface area contributed by atoms with Gasteiger partial charge in [-0.05, 0) is 43.2 Å². The molecule has 1 aliphatic rings. The van der Waals surface area contributed by atoms with Gasteiger partial charge >= 0.3 is 0 Å². The van der Waals surface area contributed by atoms with Crippen LogP contribution < -0.4 is 5.56 Å². The second-order valence-corrected chi connectivity index (χ2v) is 6.30. The van der Waals surface area contributed by atoms with Crippen molar-refractivity contribution in [2.75, 3.05) is 0 Å². The highest BCUT2D eigenvalue weighted by atomic mass is 16.4. The van der Waals surface area contributed by atoms with Crippen LogP contribution in [0.2, 0.25) is 0 Å². The van der Waals surface area contributed by atoms with Gasteiger partial charge in [0, 0.05) is 24.7 Å². The fraction of sp³-hybridized carbons (Fsp3) is 0.211. The zero-order valence-electron chi connectivity index (χ0n) is 13.9. The molecule has 0 saturated heterocycles. The highest BCUT2D eigenvalue weighted by Crippen LogP contribution is 2.25. The third-order valence-corrected chi connectivity index (χ3v) is 4.62. The maximum absolute atomic E-state index is 12.7. The summed E-state index contributed by atoms with van der Waals surface area (Å²) in [5.41, 5.74) is 2.05. The molecule has 5 rings (SSSR count). The summed E-state index contributed by atoms with van der Waals surface area (Å²) in [6.07, 6.45) is 4.60. The summed E-state index contributed by atoms with van der Waals surface area (Å²) >= 11 is 0. The van der Waals surface area contributed by atoms with Crippen molar-refractivity contribution < 1.29 is 4.42 Å². The Morgan fingerprint density at radius 2 is 1.96 bits per heavy atom. The van der Waals surface area contributed by atoms with E-state index >= 15 is 0 Å². The summed E-state index contributed by atoms with van der Waals surface area (Å²) in [4.78, 5) is 21.6. The monoisotopic (exact) mass is 345 g/mol. The van der Waals surface area contributed by atoms with Gasteiger partial charge in [-0.3, -0.25) is 14.3 Å². The molecule has 0 bridgehead atoms. The van der Waals surface area contributed by atoms with Gasteiger partial charge in [-0.2, -0.15) is 0 Å². The van der Waals surface area contributed by atoms with Crippen LogP contribution in [-0.4, -0.2) is 24.7 Å². The van der Waals surface area contributed by atoms with Crippen LogP contribution in [-0.2, 0) is 13.0 Å². The minimum absolute atomic E-state index is 0.0240. The molecular weight excluding hydrogens is 330 g/mol. The zero-order valence-corrected chi connectivity index (χ0v) is 13.9. The van der Waals surface area contributed by atoms with Crippen molar-refractivity contribution in [3.05, 3.63) is 58.8 Å². The van der Waals surface area contributed by atoms with Crippen molar-refractivity contribution in [1.29, 1.82) is 0 Å². The molecule has 0 fully saturated rings. The van der Waals surface area contributed by atoms with Crippen LogP contribution in [0.4, 0.5) is 0 Å². The SMILES string of the molecule is O=c1c2ccc(-c3nnc(-c4ccccn4)o3)cc2nc2n1CCCC2. The van der Waals surface area contributed by atoms with Crippen molar-refractivity contribution in [3.8, 4) is 23.0 Å². The van der Waals surface area contributed by atoms with Crippen LogP contribution in [0.5, 0.6) is 0 Å². The maximum Gasteiger partial charge on any atom is 0.266 e. The molecule has 0 radical (unpaired) electrons. The smallest absolute Gasteiger partial charge is 0.266 e. The van der Waals surface area contributed by atoms with Gasteiger partial charge in [0.15, 0.2) is 0 Å². The number of aromatic nitrogens is 5. The summed E-state index contributed by atoms with van der Waals surface area (Å²) in [6, 6.07) is 10.9. The quantitative estimate of drug-likeness (QED) is 0.555. The van der Waals surface area contributed by atoms with Crippen LogP contribution in [0.1, 0.15) is 18.7 Å². The maximum atomic E-state index is 12.7. The highest BCUT2D eigenvalue weighted by Gasteiger charge is 2.16. The molecule has 0 atom stereocenters. The molecule has 0 N–H and O–H groups in total. The van der Waals surface area contributed by atoms with Crippen LogP contribution >= 0.6 is 0 Å². The highest BCUT2D eigenvalue weighted by molar-refractivity contribution is 5.82. The first-order valence-corrected chi connectivity index (χ1v) is 8.58. The standard InChI is InChI=1S/C19H15N5O2/c25-19-13-8-7-12(11-15(13)21-16-6-2-4-10-24(16)19)17-22-23-18(26-17)14-5-1-3-9-20-14/h1,3,5,7-9,11H,2,4,6,10H2. The van der Waals surface area contributed by atoms with Gasteiger partial charge in [0.1, 0.15) is 11.5 Å². The lowest BCUT2D eigenvalue weighted by Gasteiger charge is -2.17. The van der Waals surface area contributed by atoms with Crippen LogP contribution in [0.25, 0.3) is 33.9 Å². The predicted octanol–water partition coefficient (Wildman–Crippen LogP) is 2.84. The largest absolute Gasteiger partial charge is 0.415 e. The van der Waals surface area contributed by atoms with Crippen LogP contribution in [0, 0.1) is 0 Å². The Morgan fingerprint density at radius 3 is 2.85 bits per heavy atom. The number of benzene rings is 1. The number of hydrogen-bond donors (Lipinski definition) is 0. The first-order chi connectivity index (χ1) is 12.8. The van der Waals surface area contributed by atoms with Gasteiger partial charge in [-0.15, -0.1) is 10.2 Å². The Bertz CT molecular complexity index is 1160. The third kappa shape index (κ3) is 2.40. The van der Waals surface area contributed by atoms with E-state index in [2.05, 4.69) is 20.2 Å². The van der Waals surface area contributed by atoms with Gasteiger partial charge in [0.2, 0.25) is 5.89 Å². The molecule has 26 heavy (non-hydrogen) atoms. The van der Waals surface area contributed by atoms with Gasteiger partial charge < -0.3 is 4.42 Å². The number of rotatable bonds is 2. The van der Waals surface area contributed by atoms with E-state index in [1.54, 1.807) is 16.8 Å². The second-order valence-electron chi connectivity index (χ2n) is 6.30. The van der Waals surface area contributed by atoms with Gasteiger partial charge in [-0.25, -0.2) is 4.98 Å². The lowest BCUT2D eigenvalue weighted by molar-refractivity contribution is 0.501. The summed E-state index contributed by atoms with van der Waals surface area (Å²) in [5.74, 6) is 1.59. The van der Waals surface area contributed by atoms with Crippen LogP contribution in [0.3, 0.4) is 0 Å². The summed E-state index contributed by atoms with van der Waals surface area (Å²) in [6.45, 7) is 0.746. The molecular formula is C19H15N5O2. The Hall–Kier alpha value is -3.35. The second kappa shape index (κ2) is 5.87. The first kappa shape index (κ1) is 14.9. The van der Waals surface area contributed by atoms with E-state index in [0.717, 1.165) is 37.2 Å². The van der Waals surface area contributed by atoms with Crippen LogP contribution in [0.15, 0.2) is 51.8 Å². The lowest BCUT2D eigenvalue weighted by atomic mass is 10.1. The molecule has 7 nitrogen and oxygen atoms in total. The van der Waals surface area contributed by atoms with Crippen molar-refractivity contribution in [2.24, 2.45) is 0 Å². The number of pyridine rings is 1. The minimum atomic E-state index is 0.0240. The Morgan fingerprint density at radius 1 is 1.04 bits per heavy atom. The minimum Gasteiger partial charge on any atom is -0.415 e. The number of fused-ring (bicyclic) bond motifs is 2. The molecule has 0 spiro atoms. The van der Waals surface area contributed by atoms with E-state index in [1.807, 2.05) is 30.3 Å². The molecule has 0 amide bonds. The Labute approximate surface area is 148 Å². The first-order valence-electron chi connectivity index (χ1n) is 8.58. The topological polar surface area (TPSA) is 86.7 Å². The van der Waals surface area contributed by atoms with E-state index in [9.17, 15) is 4.79 Å². The van der Waals surface area contributed by atoms with E-state index < -0.39 is 0 Å². The fourth-order valence-electron chi connectivity index (χ4n) is 3.31. The molecule has 0 aliphatic carbocycles. The molecule has 3 aromatic heterocycles. The number of hydrogen-bond acceptors (Lipinski definition) is 6. The normalized spacial score (nSPS) is 13.7. The molecule has 4 aromatic rings.